The molecule has 1 aliphatic rings. The third kappa shape index (κ3) is 3.27. The average Bonchev–Trinajstić information content (AvgIpc) is 3.12. The molecule has 0 spiro atoms. The largest absolute Gasteiger partial charge is 0.319 e. The molecule has 0 atom stereocenters. The number of hydrogen-bond donors (Lipinski definition) is 2. The van der Waals surface area contributed by atoms with Gasteiger partial charge in [0.25, 0.3) is 5.69 Å². The van der Waals surface area contributed by atoms with Crippen LogP contribution in [0.4, 0.5) is 11.4 Å². The number of rotatable bonds is 5. The van der Waals surface area contributed by atoms with E-state index in [1.54, 1.807) is 19.1 Å². The van der Waals surface area contributed by atoms with Crippen LogP contribution < -0.4 is 10.6 Å². The van der Waals surface area contributed by atoms with E-state index in [1.807, 2.05) is 0 Å². The predicted octanol–water partition coefficient (Wildman–Crippen LogP) is 1.59. The lowest BCUT2D eigenvalue weighted by molar-refractivity contribution is -0.384. The van der Waals surface area contributed by atoms with Crippen LogP contribution in [0.5, 0.6) is 0 Å². The molecule has 0 bridgehead atoms. The minimum absolute atomic E-state index is 0.0743. The first kappa shape index (κ1) is 12.5. The zero-order valence-electron chi connectivity index (χ0n) is 10.1. The normalized spacial score (nSPS) is 14.3. The summed E-state index contributed by atoms with van der Waals surface area (Å²) in [6, 6.07) is 5.17. The molecular formula is C12H15N3O3. The second-order valence-electron chi connectivity index (χ2n) is 4.48. The molecule has 0 heterocycles. The fraction of sp³-hybridized carbons (Fsp3) is 0.417. The monoisotopic (exact) mass is 249 g/mol. The van der Waals surface area contributed by atoms with E-state index in [1.165, 1.54) is 6.07 Å². The number of carbonyl (C=O) groups is 1. The lowest BCUT2D eigenvalue weighted by atomic mass is 10.2. The molecule has 0 aliphatic heterocycles. The van der Waals surface area contributed by atoms with E-state index in [2.05, 4.69) is 10.6 Å². The molecule has 0 unspecified atom stereocenters. The lowest BCUT2D eigenvalue weighted by Crippen LogP contribution is -2.29. The van der Waals surface area contributed by atoms with Crippen LogP contribution in [-0.2, 0) is 4.79 Å². The van der Waals surface area contributed by atoms with E-state index in [9.17, 15) is 14.9 Å². The molecule has 1 amide bonds. The van der Waals surface area contributed by atoms with Gasteiger partial charge in [-0.15, -0.1) is 0 Å². The summed E-state index contributed by atoms with van der Waals surface area (Å²) < 4.78 is 0. The van der Waals surface area contributed by atoms with Crippen LogP contribution >= 0.6 is 0 Å². The lowest BCUT2D eigenvalue weighted by Gasteiger charge is -2.07. The maximum atomic E-state index is 11.6. The van der Waals surface area contributed by atoms with Crippen LogP contribution in [0.1, 0.15) is 18.4 Å². The van der Waals surface area contributed by atoms with Gasteiger partial charge in [0.05, 0.1) is 11.5 Å². The molecule has 2 rings (SSSR count). The molecular weight excluding hydrogens is 234 g/mol. The van der Waals surface area contributed by atoms with Gasteiger partial charge >= 0.3 is 0 Å². The number of nitro groups is 1. The summed E-state index contributed by atoms with van der Waals surface area (Å²) >= 11 is 0. The molecule has 1 aromatic rings. The molecule has 1 saturated carbocycles. The van der Waals surface area contributed by atoms with Crippen molar-refractivity contribution in [2.75, 3.05) is 11.9 Å². The van der Waals surface area contributed by atoms with Crippen molar-refractivity contribution < 1.29 is 9.72 Å². The summed E-state index contributed by atoms with van der Waals surface area (Å²) in [4.78, 5) is 22.0. The van der Waals surface area contributed by atoms with E-state index in [0.29, 0.717) is 6.04 Å². The molecule has 1 aromatic carbocycles. The first-order valence-corrected chi connectivity index (χ1v) is 5.84. The van der Waals surface area contributed by atoms with Crippen LogP contribution in [0.15, 0.2) is 18.2 Å². The standard InChI is InChI=1S/C12H15N3O3/c1-8-2-5-10(11(6-8)15(17)18)14-12(16)7-13-9-3-4-9/h2,5-6,9,13H,3-4,7H2,1H3,(H,14,16). The SMILES string of the molecule is Cc1ccc(NC(=O)CNC2CC2)c([N+](=O)[O-])c1. The van der Waals surface area contributed by atoms with Gasteiger partial charge in [-0.1, -0.05) is 6.07 Å². The van der Waals surface area contributed by atoms with E-state index in [-0.39, 0.29) is 23.8 Å². The average molecular weight is 249 g/mol. The summed E-state index contributed by atoms with van der Waals surface area (Å²) in [6.07, 6.45) is 2.19. The van der Waals surface area contributed by atoms with Crippen LogP contribution in [0.25, 0.3) is 0 Å². The van der Waals surface area contributed by atoms with Gasteiger partial charge in [-0.3, -0.25) is 14.9 Å². The van der Waals surface area contributed by atoms with Gasteiger partial charge in [0.2, 0.25) is 5.91 Å². The van der Waals surface area contributed by atoms with Gasteiger partial charge in [-0.25, -0.2) is 0 Å². The second-order valence-corrected chi connectivity index (χ2v) is 4.48. The number of nitro benzene ring substituents is 1. The van der Waals surface area contributed by atoms with E-state index >= 15 is 0 Å². The van der Waals surface area contributed by atoms with Crippen molar-refractivity contribution in [2.45, 2.75) is 25.8 Å². The Bertz CT molecular complexity index is 483. The molecule has 0 saturated heterocycles. The maximum absolute atomic E-state index is 11.6. The number of benzene rings is 1. The van der Waals surface area contributed by atoms with Crippen LogP contribution in [0, 0.1) is 17.0 Å². The van der Waals surface area contributed by atoms with Crippen molar-refractivity contribution in [3.05, 3.63) is 33.9 Å². The number of carbonyl (C=O) groups excluding carboxylic acids is 1. The summed E-state index contributed by atoms with van der Waals surface area (Å²) in [5.41, 5.74) is 0.957. The highest BCUT2D eigenvalue weighted by Gasteiger charge is 2.22. The van der Waals surface area contributed by atoms with Crippen molar-refractivity contribution in [3.8, 4) is 0 Å². The Morgan fingerprint density at radius 2 is 2.22 bits per heavy atom. The first-order chi connectivity index (χ1) is 8.56. The molecule has 1 fully saturated rings. The van der Waals surface area contributed by atoms with Gasteiger partial charge in [0.1, 0.15) is 5.69 Å². The molecule has 1 aliphatic carbocycles. The minimum Gasteiger partial charge on any atom is -0.319 e. The van der Waals surface area contributed by atoms with Crippen LogP contribution in [0.2, 0.25) is 0 Å². The van der Waals surface area contributed by atoms with Crippen LogP contribution in [-0.4, -0.2) is 23.4 Å². The van der Waals surface area contributed by atoms with E-state index in [0.717, 1.165) is 18.4 Å². The van der Waals surface area contributed by atoms with Crippen molar-refractivity contribution in [2.24, 2.45) is 0 Å². The summed E-state index contributed by atoms with van der Waals surface area (Å²) in [5.74, 6) is -0.256. The number of aryl methyl sites for hydroxylation is 1. The van der Waals surface area contributed by atoms with Crippen molar-refractivity contribution in [1.29, 1.82) is 0 Å². The van der Waals surface area contributed by atoms with Gasteiger partial charge < -0.3 is 10.6 Å². The Labute approximate surface area is 105 Å². The molecule has 0 radical (unpaired) electrons. The Morgan fingerprint density at radius 3 is 2.83 bits per heavy atom. The van der Waals surface area contributed by atoms with Crippen molar-refractivity contribution in [3.63, 3.8) is 0 Å². The van der Waals surface area contributed by atoms with Gasteiger partial charge in [-0.2, -0.15) is 0 Å². The Kier molecular flexibility index (Phi) is 3.57. The highest BCUT2D eigenvalue weighted by molar-refractivity contribution is 5.94. The molecule has 6 heteroatoms. The highest BCUT2D eigenvalue weighted by Crippen LogP contribution is 2.25. The second kappa shape index (κ2) is 5.14. The minimum atomic E-state index is -0.489. The molecule has 0 aromatic heterocycles. The van der Waals surface area contributed by atoms with Crippen molar-refractivity contribution >= 4 is 17.3 Å². The number of hydrogen-bond acceptors (Lipinski definition) is 4. The van der Waals surface area contributed by atoms with E-state index < -0.39 is 4.92 Å². The summed E-state index contributed by atoms with van der Waals surface area (Å²) in [6.45, 7) is 1.96. The zero-order valence-corrected chi connectivity index (χ0v) is 10.1. The topological polar surface area (TPSA) is 84.3 Å². The zero-order chi connectivity index (χ0) is 13.1. The predicted molar refractivity (Wildman–Crippen MR) is 67.5 cm³/mol. The van der Waals surface area contributed by atoms with Crippen LogP contribution in [0.3, 0.4) is 0 Å². The fourth-order valence-corrected chi connectivity index (χ4v) is 1.62. The smallest absolute Gasteiger partial charge is 0.293 e. The van der Waals surface area contributed by atoms with Gasteiger partial charge in [-0.05, 0) is 31.4 Å². The number of nitrogens with zero attached hydrogens (tertiary/aromatic N) is 1. The number of amides is 1. The fourth-order valence-electron chi connectivity index (χ4n) is 1.62. The maximum Gasteiger partial charge on any atom is 0.293 e. The number of nitrogens with one attached hydrogen (secondary N) is 2. The summed E-state index contributed by atoms with van der Waals surface area (Å²) in [7, 11) is 0. The molecule has 2 N–H and O–H groups in total. The Balaban J connectivity index is 2.02. The first-order valence-electron chi connectivity index (χ1n) is 5.84. The van der Waals surface area contributed by atoms with Gasteiger partial charge in [0.15, 0.2) is 0 Å². The Morgan fingerprint density at radius 1 is 1.50 bits per heavy atom. The number of anilines is 1. The Hall–Kier alpha value is -1.95. The highest BCUT2D eigenvalue weighted by atomic mass is 16.6. The molecule has 96 valence electrons. The third-order valence-electron chi connectivity index (χ3n) is 2.75. The van der Waals surface area contributed by atoms with Gasteiger partial charge in [0, 0.05) is 12.1 Å². The molecule has 6 nitrogen and oxygen atoms in total. The third-order valence-corrected chi connectivity index (χ3v) is 2.75. The summed E-state index contributed by atoms with van der Waals surface area (Å²) in [5, 5.41) is 16.5. The quantitative estimate of drug-likeness (QED) is 0.613. The van der Waals surface area contributed by atoms with Crippen molar-refractivity contribution in [1.82, 2.24) is 5.32 Å². The molecule has 18 heavy (non-hydrogen) atoms. The van der Waals surface area contributed by atoms with E-state index in [4.69, 9.17) is 0 Å².